The van der Waals surface area contributed by atoms with Crippen LogP contribution in [0.5, 0.6) is 5.75 Å². The molecular formula is C10H7O7S2. The first-order valence-electron chi connectivity index (χ1n) is 4.73. The molecule has 0 saturated heterocycles. The quantitative estimate of drug-likeness (QED) is 0.701. The Morgan fingerprint density at radius 3 is 2.11 bits per heavy atom. The summed E-state index contributed by atoms with van der Waals surface area (Å²) >= 11 is 0. The summed E-state index contributed by atoms with van der Waals surface area (Å²) in [5.41, 5.74) is 0. The number of phenols is 1. The molecule has 9 heteroatoms. The van der Waals surface area contributed by atoms with Gasteiger partial charge in [-0.25, -0.2) is 0 Å². The fourth-order valence-corrected chi connectivity index (χ4v) is 2.54. The summed E-state index contributed by atoms with van der Waals surface area (Å²) in [5, 5.41) is 9.74. The number of hydrogen-bond donors (Lipinski definition) is 3. The topological polar surface area (TPSA) is 129 Å². The third-order valence-electron chi connectivity index (χ3n) is 2.38. The van der Waals surface area contributed by atoms with Gasteiger partial charge in [-0.2, -0.15) is 16.8 Å². The van der Waals surface area contributed by atoms with Crippen molar-refractivity contribution < 1.29 is 31.0 Å². The summed E-state index contributed by atoms with van der Waals surface area (Å²) in [6.07, 6.45) is 0. The minimum atomic E-state index is -4.54. The van der Waals surface area contributed by atoms with Crippen LogP contribution in [0, 0.1) is 6.07 Å². The zero-order valence-electron chi connectivity index (χ0n) is 9.10. The Labute approximate surface area is 108 Å². The molecule has 0 amide bonds. The molecular weight excluding hydrogens is 296 g/mol. The van der Waals surface area contributed by atoms with E-state index in [4.69, 9.17) is 9.11 Å². The molecule has 0 aromatic heterocycles. The first-order chi connectivity index (χ1) is 8.59. The van der Waals surface area contributed by atoms with Gasteiger partial charge < -0.3 is 5.11 Å². The molecule has 0 aliphatic carbocycles. The highest BCUT2D eigenvalue weighted by Gasteiger charge is 2.16. The van der Waals surface area contributed by atoms with E-state index in [0.717, 1.165) is 18.2 Å². The molecule has 2 rings (SSSR count). The number of phenolic OH excluding ortho intramolecular Hbond substituents is 1. The molecule has 19 heavy (non-hydrogen) atoms. The zero-order chi connectivity index (χ0) is 14.4. The standard InChI is InChI=1S/C10H7O7S2/c11-10-5-8(19(15,16)17)3-6-1-2-7(4-9(6)10)18(12,13)14/h1-4,11H,(H,12,13,14)(H,15,16,17). The molecule has 0 spiro atoms. The largest absolute Gasteiger partial charge is 0.507 e. The van der Waals surface area contributed by atoms with E-state index in [-0.39, 0.29) is 10.8 Å². The Morgan fingerprint density at radius 2 is 1.58 bits per heavy atom. The molecule has 2 aromatic carbocycles. The molecule has 0 bridgehead atoms. The Hall–Kier alpha value is -1.68. The summed E-state index contributed by atoms with van der Waals surface area (Å²) in [7, 11) is -8.98. The smallest absolute Gasteiger partial charge is 0.295 e. The fraction of sp³-hybridized carbons (Fsp3) is 0. The van der Waals surface area contributed by atoms with E-state index in [9.17, 15) is 21.9 Å². The number of aromatic hydroxyl groups is 1. The summed E-state index contributed by atoms with van der Waals surface area (Å²) < 4.78 is 61.5. The molecule has 0 saturated carbocycles. The monoisotopic (exact) mass is 303 g/mol. The van der Waals surface area contributed by atoms with Crippen molar-refractivity contribution in [2.45, 2.75) is 9.79 Å². The van der Waals surface area contributed by atoms with Gasteiger partial charge in [-0.05, 0) is 23.6 Å². The van der Waals surface area contributed by atoms with Crippen LogP contribution in [0.3, 0.4) is 0 Å². The van der Waals surface area contributed by atoms with Crippen LogP contribution in [0.25, 0.3) is 10.8 Å². The van der Waals surface area contributed by atoms with E-state index in [1.54, 1.807) is 0 Å². The minimum absolute atomic E-state index is 0.0254. The first-order valence-corrected chi connectivity index (χ1v) is 7.61. The molecule has 0 aliphatic rings. The highest BCUT2D eigenvalue weighted by Crippen LogP contribution is 2.29. The highest BCUT2D eigenvalue weighted by molar-refractivity contribution is 7.86. The molecule has 101 valence electrons. The number of benzene rings is 2. The average molecular weight is 303 g/mol. The van der Waals surface area contributed by atoms with Crippen LogP contribution in [0.2, 0.25) is 0 Å². The Morgan fingerprint density at radius 1 is 0.947 bits per heavy atom. The molecule has 0 aliphatic heterocycles. The van der Waals surface area contributed by atoms with Crippen LogP contribution in [0.1, 0.15) is 0 Å². The number of hydrogen-bond acceptors (Lipinski definition) is 5. The van der Waals surface area contributed by atoms with E-state index in [1.165, 1.54) is 6.07 Å². The lowest BCUT2D eigenvalue weighted by molar-refractivity contribution is 0.469. The van der Waals surface area contributed by atoms with Gasteiger partial charge in [0.15, 0.2) is 0 Å². The van der Waals surface area contributed by atoms with Crippen LogP contribution < -0.4 is 0 Å². The van der Waals surface area contributed by atoms with Crippen LogP contribution in [-0.2, 0) is 20.2 Å². The molecule has 3 N–H and O–H groups in total. The van der Waals surface area contributed by atoms with Crippen LogP contribution in [0.15, 0.2) is 34.1 Å². The summed E-state index contributed by atoms with van der Waals surface area (Å²) in [6, 6.07) is 6.20. The SMILES string of the molecule is O=S(=O)(O)c1[c]c(O)c2cc(S(=O)(=O)O)ccc2c1. The lowest BCUT2D eigenvalue weighted by Gasteiger charge is -2.05. The van der Waals surface area contributed by atoms with Gasteiger partial charge in [0.25, 0.3) is 20.2 Å². The second-order valence-electron chi connectivity index (χ2n) is 3.68. The first kappa shape index (κ1) is 13.7. The third-order valence-corrected chi connectivity index (χ3v) is 4.01. The molecule has 0 fully saturated rings. The average Bonchev–Trinajstić information content (AvgIpc) is 2.26. The lowest BCUT2D eigenvalue weighted by Crippen LogP contribution is -2.00. The number of rotatable bonds is 2. The molecule has 1 radical (unpaired) electrons. The maximum absolute atomic E-state index is 10.9. The molecule has 0 heterocycles. The van der Waals surface area contributed by atoms with Crippen LogP contribution in [0.4, 0.5) is 0 Å². The zero-order valence-corrected chi connectivity index (χ0v) is 10.7. The van der Waals surface area contributed by atoms with Crippen molar-refractivity contribution in [2.24, 2.45) is 0 Å². The predicted octanol–water partition coefficient (Wildman–Crippen LogP) is 0.839. The van der Waals surface area contributed by atoms with Gasteiger partial charge in [0.1, 0.15) is 10.6 Å². The summed E-state index contributed by atoms with van der Waals surface area (Å²) in [6.45, 7) is 0. The minimum Gasteiger partial charge on any atom is -0.507 e. The Bertz CT molecular complexity index is 866. The van der Waals surface area contributed by atoms with Crippen LogP contribution in [-0.4, -0.2) is 31.0 Å². The fourth-order valence-electron chi connectivity index (χ4n) is 1.53. The van der Waals surface area contributed by atoms with Crippen molar-refractivity contribution >= 4 is 31.0 Å². The second kappa shape index (κ2) is 4.17. The Balaban J connectivity index is 2.82. The van der Waals surface area contributed by atoms with Gasteiger partial charge in [0.2, 0.25) is 0 Å². The second-order valence-corrected chi connectivity index (χ2v) is 6.49. The van der Waals surface area contributed by atoms with E-state index in [1.807, 2.05) is 6.07 Å². The maximum Gasteiger partial charge on any atom is 0.295 e. The number of fused-ring (bicyclic) bond motifs is 1. The van der Waals surface area contributed by atoms with Crippen LogP contribution >= 0.6 is 0 Å². The van der Waals surface area contributed by atoms with Crippen molar-refractivity contribution in [1.82, 2.24) is 0 Å². The van der Waals surface area contributed by atoms with Crippen molar-refractivity contribution in [1.29, 1.82) is 0 Å². The van der Waals surface area contributed by atoms with E-state index in [0.29, 0.717) is 0 Å². The van der Waals surface area contributed by atoms with E-state index in [2.05, 4.69) is 0 Å². The van der Waals surface area contributed by atoms with E-state index < -0.39 is 35.8 Å². The predicted molar refractivity (Wildman–Crippen MR) is 64.1 cm³/mol. The van der Waals surface area contributed by atoms with Gasteiger partial charge in [0, 0.05) is 5.39 Å². The van der Waals surface area contributed by atoms with Gasteiger partial charge >= 0.3 is 0 Å². The van der Waals surface area contributed by atoms with Gasteiger partial charge in [0.05, 0.1) is 11.0 Å². The maximum atomic E-state index is 10.9. The van der Waals surface area contributed by atoms with Gasteiger partial charge in [-0.15, -0.1) is 0 Å². The highest BCUT2D eigenvalue weighted by atomic mass is 32.2. The molecule has 7 nitrogen and oxygen atoms in total. The third kappa shape index (κ3) is 2.68. The van der Waals surface area contributed by atoms with Crippen molar-refractivity contribution in [3.63, 3.8) is 0 Å². The lowest BCUT2D eigenvalue weighted by atomic mass is 10.1. The molecule has 2 aromatic rings. The Kier molecular flexibility index (Phi) is 3.01. The summed E-state index contributed by atoms with van der Waals surface area (Å²) in [4.78, 5) is -1.10. The van der Waals surface area contributed by atoms with Crippen molar-refractivity contribution in [3.05, 3.63) is 30.3 Å². The van der Waals surface area contributed by atoms with E-state index >= 15 is 0 Å². The summed E-state index contributed by atoms with van der Waals surface area (Å²) in [5.74, 6) is -0.657. The molecule has 0 unspecified atom stereocenters. The van der Waals surface area contributed by atoms with Gasteiger partial charge in [-0.3, -0.25) is 9.11 Å². The normalized spacial score (nSPS) is 12.7. The van der Waals surface area contributed by atoms with Crippen molar-refractivity contribution in [3.8, 4) is 5.75 Å². The molecule has 0 atom stereocenters. The van der Waals surface area contributed by atoms with Gasteiger partial charge in [-0.1, -0.05) is 6.07 Å². The van der Waals surface area contributed by atoms with Crippen molar-refractivity contribution in [2.75, 3.05) is 0 Å².